The van der Waals surface area contributed by atoms with Gasteiger partial charge in [0.25, 0.3) is 5.91 Å². The molecular formula is C9H13N5O. The minimum absolute atomic E-state index is 0.0451. The first-order valence-corrected chi connectivity index (χ1v) is 4.40. The number of anilines is 1. The minimum Gasteiger partial charge on any atom is -0.396 e. The van der Waals surface area contributed by atoms with Crippen LogP contribution in [0.15, 0.2) is 6.20 Å². The fourth-order valence-corrected chi connectivity index (χ4v) is 1.15. The lowest BCUT2D eigenvalue weighted by atomic mass is 9.96. The normalized spacial score (nSPS) is 11.0. The van der Waals surface area contributed by atoms with Crippen molar-refractivity contribution in [3.05, 3.63) is 11.9 Å². The number of hydrogen-bond acceptors (Lipinski definition) is 4. The van der Waals surface area contributed by atoms with E-state index in [4.69, 9.17) is 16.7 Å². The molecule has 0 saturated carbocycles. The van der Waals surface area contributed by atoms with Gasteiger partial charge in [-0.25, -0.2) is 0 Å². The van der Waals surface area contributed by atoms with Crippen molar-refractivity contribution in [3.63, 3.8) is 0 Å². The summed E-state index contributed by atoms with van der Waals surface area (Å²) in [7, 11) is 0. The zero-order valence-corrected chi connectivity index (χ0v) is 8.69. The number of amides is 1. The van der Waals surface area contributed by atoms with Gasteiger partial charge in [-0.1, -0.05) is 0 Å². The van der Waals surface area contributed by atoms with Crippen LogP contribution in [0.25, 0.3) is 0 Å². The molecule has 1 heterocycles. The Kier molecular flexibility index (Phi) is 2.66. The van der Waals surface area contributed by atoms with Crippen molar-refractivity contribution in [2.24, 2.45) is 11.1 Å². The number of primary amides is 1. The van der Waals surface area contributed by atoms with Crippen molar-refractivity contribution in [2.75, 3.05) is 5.73 Å². The average molecular weight is 207 g/mol. The highest BCUT2D eigenvalue weighted by atomic mass is 16.1. The van der Waals surface area contributed by atoms with E-state index in [1.165, 1.54) is 10.9 Å². The molecule has 0 radical (unpaired) electrons. The second-order valence-electron chi connectivity index (χ2n) is 3.99. The Balaban J connectivity index is 2.95. The van der Waals surface area contributed by atoms with Gasteiger partial charge in [0.15, 0.2) is 5.69 Å². The van der Waals surface area contributed by atoms with E-state index in [0.29, 0.717) is 6.54 Å². The largest absolute Gasteiger partial charge is 0.396 e. The number of nitrogens with zero attached hydrogens (tertiary/aromatic N) is 3. The average Bonchev–Trinajstić information content (AvgIpc) is 2.46. The summed E-state index contributed by atoms with van der Waals surface area (Å²) in [6.45, 7) is 3.91. The molecule has 0 aliphatic heterocycles. The summed E-state index contributed by atoms with van der Waals surface area (Å²) in [5, 5.41) is 12.7. The summed E-state index contributed by atoms with van der Waals surface area (Å²) in [5.74, 6) is -0.666. The second-order valence-corrected chi connectivity index (χ2v) is 3.99. The van der Waals surface area contributed by atoms with Crippen LogP contribution in [0.3, 0.4) is 0 Å². The summed E-state index contributed by atoms with van der Waals surface area (Å²) < 4.78 is 1.46. The quantitative estimate of drug-likeness (QED) is 0.732. The molecule has 0 fully saturated rings. The van der Waals surface area contributed by atoms with E-state index in [9.17, 15) is 4.79 Å². The first-order chi connectivity index (χ1) is 6.85. The van der Waals surface area contributed by atoms with Crippen LogP contribution < -0.4 is 11.5 Å². The van der Waals surface area contributed by atoms with Gasteiger partial charge in [-0.3, -0.25) is 9.48 Å². The standard InChI is InChI=1S/C9H13N5O/c1-9(2,4-10)5-14-3-6(11)7(13-14)8(12)15/h3H,5,11H2,1-2H3,(H2,12,15). The molecule has 1 aromatic rings. The Hall–Kier alpha value is -2.03. The lowest BCUT2D eigenvalue weighted by Gasteiger charge is -2.14. The minimum atomic E-state index is -0.666. The maximum Gasteiger partial charge on any atom is 0.271 e. The highest BCUT2D eigenvalue weighted by molar-refractivity contribution is 5.95. The van der Waals surface area contributed by atoms with Crippen LogP contribution in [0.1, 0.15) is 24.3 Å². The Labute approximate surface area is 87.5 Å². The van der Waals surface area contributed by atoms with E-state index < -0.39 is 11.3 Å². The molecule has 80 valence electrons. The number of aromatic nitrogens is 2. The smallest absolute Gasteiger partial charge is 0.271 e. The van der Waals surface area contributed by atoms with Crippen molar-refractivity contribution in [1.29, 1.82) is 5.26 Å². The lowest BCUT2D eigenvalue weighted by molar-refractivity contribution is 0.0995. The van der Waals surface area contributed by atoms with Gasteiger partial charge >= 0.3 is 0 Å². The molecule has 0 spiro atoms. The molecule has 1 amide bonds. The van der Waals surface area contributed by atoms with E-state index >= 15 is 0 Å². The molecule has 15 heavy (non-hydrogen) atoms. The van der Waals surface area contributed by atoms with Crippen molar-refractivity contribution < 1.29 is 4.79 Å². The maximum absolute atomic E-state index is 10.9. The zero-order chi connectivity index (χ0) is 11.6. The molecule has 0 aromatic carbocycles. The third kappa shape index (κ3) is 2.47. The molecular weight excluding hydrogens is 194 g/mol. The molecule has 1 aromatic heterocycles. The first kappa shape index (κ1) is 11.0. The number of nitriles is 1. The Morgan fingerprint density at radius 3 is 2.73 bits per heavy atom. The highest BCUT2D eigenvalue weighted by Gasteiger charge is 2.20. The van der Waals surface area contributed by atoms with E-state index in [-0.39, 0.29) is 11.4 Å². The monoisotopic (exact) mass is 207 g/mol. The molecule has 4 N–H and O–H groups in total. The molecule has 0 aliphatic rings. The van der Waals surface area contributed by atoms with E-state index in [2.05, 4.69) is 11.2 Å². The van der Waals surface area contributed by atoms with Gasteiger partial charge in [-0.2, -0.15) is 10.4 Å². The van der Waals surface area contributed by atoms with E-state index in [0.717, 1.165) is 0 Å². The van der Waals surface area contributed by atoms with Gasteiger partial charge in [0.2, 0.25) is 0 Å². The summed E-state index contributed by atoms with van der Waals surface area (Å²) in [4.78, 5) is 10.9. The van der Waals surface area contributed by atoms with Crippen molar-refractivity contribution in [1.82, 2.24) is 9.78 Å². The molecule has 1 rings (SSSR count). The SMILES string of the molecule is CC(C)(C#N)Cn1cc(N)c(C(N)=O)n1. The van der Waals surface area contributed by atoms with Gasteiger partial charge in [-0.15, -0.1) is 0 Å². The summed E-state index contributed by atoms with van der Waals surface area (Å²) >= 11 is 0. The number of rotatable bonds is 3. The molecule has 0 unspecified atom stereocenters. The molecule has 0 saturated heterocycles. The van der Waals surface area contributed by atoms with Crippen molar-refractivity contribution in [2.45, 2.75) is 20.4 Å². The fourth-order valence-electron chi connectivity index (χ4n) is 1.15. The zero-order valence-electron chi connectivity index (χ0n) is 8.69. The predicted molar refractivity (Wildman–Crippen MR) is 54.6 cm³/mol. The lowest BCUT2D eigenvalue weighted by Crippen LogP contribution is -2.19. The number of nitrogens with two attached hydrogens (primary N) is 2. The molecule has 6 heteroatoms. The molecule has 0 atom stereocenters. The van der Waals surface area contributed by atoms with Gasteiger partial charge in [-0.05, 0) is 13.8 Å². The van der Waals surface area contributed by atoms with Crippen LogP contribution in [-0.4, -0.2) is 15.7 Å². The third-order valence-corrected chi connectivity index (χ3v) is 1.88. The summed E-state index contributed by atoms with van der Waals surface area (Å²) in [5.41, 5.74) is 10.3. The Morgan fingerprint density at radius 1 is 1.73 bits per heavy atom. The van der Waals surface area contributed by atoms with E-state index in [1.54, 1.807) is 13.8 Å². The first-order valence-electron chi connectivity index (χ1n) is 4.40. The van der Waals surface area contributed by atoms with Gasteiger partial charge < -0.3 is 11.5 Å². The van der Waals surface area contributed by atoms with Crippen LogP contribution in [0, 0.1) is 16.7 Å². The van der Waals surface area contributed by atoms with Gasteiger partial charge in [0.1, 0.15) is 0 Å². The summed E-state index contributed by atoms with van der Waals surface area (Å²) in [6, 6.07) is 2.13. The molecule has 0 aliphatic carbocycles. The Bertz CT molecular complexity index is 426. The third-order valence-electron chi connectivity index (χ3n) is 1.88. The second kappa shape index (κ2) is 3.61. The van der Waals surface area contributed by atoms with Crippen LogP contribution in [0.4, 0.5) is 5.69 Å². The number of carbonyl (C=O) groups excluding carboxylic acids is 1. The molecule has 6 nitrogen and oxygen atoms in total. The van der Waals surface area contributed by atoms with Crippen LogP contribution in [0.5, 0.6) is 0 Å². The van der Waals surface area contributed by atoms with E-state index in [1.807, 2.05) is 0 Å². The van der Waals surface area contributed by atoms with Crippen LogP contribution >= 0.6 is 0 Å². The fraction of sp³-hybridized carbons (Fsp3) is 0.444. The van der Waals surface area contributed by atoms with Crippen LogP contribution in [0.2, 0.25) is 0 Å². The molecule has 0 bridgehead atoms. The van der Waals surface area contributed by atoms with Gasteiger partial charge in [0.05, 0.1) is 23.7 Å². The summed E-state index contributed by atoms with van der Waals surface area (Å²) in [6.07, 6.45) is 1.50. The van der Waals surface area contributed by atoms with Crippen LogP contribution in [-0.2, 0) is 6.54 Å². The number of carbonyl (C=O) groups is 1. The number of hydrogen-bond donors (Lipinski definition) is 2. The van der Waals surface area contributed by atoms with Crippen molar-refractivity contribution >= 4 is 11.6 Å². The number of nitrogen functional groups attached to an aromatic ring is 1. The predicted octanol–water partition coefficient (Wildman–Crippen LogP) is 0.114. The highest BCUT2D eigenvalue weighted by Crippen LogP contribution is 2.17. The maximum atomic E-state index is 10.9. The van der Waals surface area contributed by atoms with Gasteiger partial charge in [0, 0.05) is 6.20 Å². The van der Waals surface area contributed by atoms with Crippen molar-refractivity contribution in [3.8, 4) is 6.07 Å². The topological polar surface area (TPSA) is 111 Å². The Morgan fingerprint density at radius 2 is 2.33 bits per heavy atom.